The van der Waals surface area contributed by atoms with E-state index < -0.39 is 32.7 Å². The van der Waals surface area contributed by atoms with Gasteiger partial charge in [0.25, 0.3) is 0 Å². The van der Waals surface area contributed by atoms with Gasteiger partial charge < -0.3 is 5.73 Å². The van der Waals surface area contributed by atoms with E-state index in [-0.39, 0.29) is 17.5 Å². The van der Waals surface area contributed by atoms with Crippen LogP contribution in [0.4, 0.5) is 13.2 Å². The third kappa shape index (κ3) is 5.12. The fourth-order valence-electron chi connectivity index (χ4n) is 2.00. The maximum Gasteiger partial charge on any atom is 0.417 e. The Hall–Kier alpha value is -0.830. The molecule has 9 heteroatoms. The number of hydrogen-bond acceptors (Lipinski definition) is 3. The van der Waals surface area contributed by atoms with Crippen LogP contribution in [0.15, 0.2) is 23.1 Å². The second-order valence-corrected chi connectivity index (χ2v) is 7.44. The summed E-state index contributed by atoms with van der Waals surface area (Å²) in [4.78, 5) is -0.855. The SMILES string of the molecule is CC(C)CC(CN)NS(=O)(=O)c1ccc(Cl)cc1C(F)(F)F. The van der Waals surface area contributed by atoms with Gasteiger partial charge in [0, 0.05) is 17.6 Å². The zero-order valence-corrected chi connectivity index (χ0v) is 13.7. The molecule has 0 heterocycles. The zero-order valence-electron chi connectivity index (χ0n) is 12.1. The third-order valence-electron chi connectivity index (χ3n) is 2.90. The molecule has 126 valence electrons. The van der Waals surface area contributed by atoms with Crippen LogP contribution < -0.4 is 10.5 Å². The lowest BCUT2D eigenvalue weighted by Gasteiger charge is -2.20. The minimum Gasteiger partial charge on any atom is -0.329 e. The van der Waals surface area contributed by atoms with E-state index in [0.29, 0.717) is 12.5 Å². The summed E-state index contributed by atoms with van der Waals surface area (Å²) in [7, 11) is -4.36. The molecule has 1 aromatic carbocycles. The highest BCUT2D eigenvalue weighted by Crippen LogP contribution is 2.35. The van der Waals surface area contributed by atoms with E-state index in [0.717, 1.165) is 12.1 Å². The first-order valence-corrected chi connectivity index (χ1v) is 8.42. The van der Waals surface area contributed by atoms with Gasteiger partial charge in [-0.25, -0.2) is 13.1 Å². The first-order chi connectivity index (χ1) is 9.97. The lowest BCUT2D eigenvalue weighted by molar-refractivity contribution is -0.139. The summed E-state index contributed by atoms with van der Waals surface area (Å²) in [5.41, 5.74) is 4.19. The fraction of sp³-hybridized carbons (Fsp3) is 0.538. The summed E-state index contributed by atoms with van der Waals surface area (Å²) in [5.74, 6) is 0.142. The molecule has 0 bridgehead atoms. The Morgan fingerprint density at radius 2 is 1.91 bits per heavy atom. The highest BCUT2D eigenvalue weighted by atomic mass is 35.5. The van der Waals surface area contributed by atoms with Crippen molar-refractivity contribution in [3.63, 3.8) is 0 Å². The number of sulfonamides is 1. The normalized spacial score (nSPS) is 14.4. The van der Waals surface area contributed by atoms with Crippen molar-refractivity contribution in [3.8, 4) is 0 Å². The Bertz CT molecular complexity index is 618. The van der Waals surface area contributed by atoms with Gasteiger partial charge in [-0.05, 0) is 30.5 Å². The summed E-state index contributed by atoms with van der Waals surface area (Å²) in [6.07, 6.45) is -4.41. The Morgan fingerprint density at radius 1 is 1.32 bits per heavy atom. The molecule has 1 aromatic rings. The van der Waals surface area contributed by atoms with Crippen LogP contribution in [0.3, 0.4) is 0 Å². The Morgan fingerprint density at radius 3 is 2.36 bits per heavy atom. The first-order valence-electron chi connectivity index (χ1n) is 6.56. The molecule has 4 nitrogen and oxygen atoms in total. The lowest BCUT2D eigenvalue weighted by Crippen LogP contribution is -2.41. The number of hydrogen-bond donors (Lipinski definition) is 2. The summed E-state index contributed by atoms with van der Waals surface area (Å²) < 4.78 is 65.8. The van der Waals surface area contributed by atoms with E-state index in [1.165, 1.54) is 0 Å². The predicted molar refractivity (Wildman–Crippen MR) is 79.1 cm³/mol. The Balaban J connectivity index is 3.23. The van der Waals surface area contributed by atoms with Crippen LogP contribution in [0.5, 0.6) is 0 Å². The molecule has 0 aliphatic rings. The average molecular weight is 359 g/mol. The van der Waals surface area contributed by atoms with Crippen molar-refractivity contribution >= 4 is 21.6 Å². The molecule has 0 aliphatic heterocycles. The molecule has 0 fully saturated rings. The second-order valence-electron chi connectivity index (χ2n) is 5.32. The van der Waals surface area contributed by atoms with Gasteiger partial charge in [-0.2, -0.15) is 13.2 Å². The number of nitrogens with two attached hydrogens (primary N) is 1. The van der Waals surface area contributed by atoms with Crippen molar-refractivity contribution < 1.29 is 21.6 Å². The van der Waals surface area contributed by atoms with Crippen LogP contribution >= 0.6 is 11.6 Å². The van der Waals surface area contributed by atoms with Crippen LogP contribution in [0.1, 0.15) is 25.8 Å². The second kappa shape index (κ2) is 7.16. The van der Waals surface area contributed by atoms with Crippen LogP contribution in [-0.4, -0.2) is 21.0 Å². The molecule has 0 aliphatic carbocycles. The number of benzene rings is 1. The summed E-state index contributed by atoms with van der Waals surface area (Å²) in [5, 5.41) is -0.191. The number of alkyl halides is 3. The first kappa shape index (κ1) is 19.2. The summed E-state index contributed by atoms with van der Waals surface area (Å²) in [6, 6.07) is 1.90. The minimum absolute atomic E-state index is 0.00759. The molecule has 0 radical (unpaired) electrons. The summed E-state index contributed by atoms with van der Waals surface area (Å²) >= 11 is 5.54. The van der Waals surface area contributed by atoms with Crippen LogP contribution in [-0.2, 0) is 16.2 Å². The topological polar surface area (TPSA) is 72.2 Å². The van der Waals surface area contributed by atoms with Crippen LogP contribution in [0.25, 0.3) is 0 Å². The molecule has 3 N–H and O–H groups in total. The van der Waals surface area contributed by atoms with E-state index in [9.17, 15) is 21.6 Å². The van der Waals surface area contributed by atoms with Crippen molar-refractivity contribution in [1.82, 2.24) is 4.72 Å². The smallest absolute Gasteiger partial charge is 0.329 e. The molecule has 1 rings (SSSR count). The molecule has 1 unspecified atom stereocenters. The Labute approximate surface area is 132 Å². The van der Waals surface area contributed by atoms with Crippen molar-refractivity contribution in [2.75, 3.05) is 6.54 Å². The molecule has 22 heavy (non-hydrogen) atoms. The van der Waals surface area contributed by atoms with Gasteiger partial charge in [-0.15, -0.1) is 0 Å². The van der Waals surface area contributed by atoms with Gasteiger partial charge in [0.05, 0.1) is 10.5 Å². The number of rotatable bonds is 6. The van der Waals surface area contributed by atoms with Gasteiger partial charge in [-0.3, -0.25) is 0 Å². The minimum atomic E-state index is -4.83. The molecule has 0 saturated heterocycles. The maximum atomic E-state index is 13.0. The molecule has 0 amide bonds. The lowest BCUT2D eigenvalue weighted by atomic mass is 10.1. The molecular weight excluding hydrogens is 341 g/mol. The van der Waals surface area contributed by atoms with Crippen LogP contribution in [0.2, 0.25) is 5.02 Å². The quantitative estimate of drug-likeness (QED) is 0.821. The van der Waals surface area contributed by atoms with E-state index in [1.807, 2.05) is 13.8 Å². The molecule has 1 atom stereocenters. The van der Waals surface area contributed by atoms with Crippen molar-refractivity contribution in [2.24, 2.45) is 11.7 Å². The van der Waals surface area contributed by atoms with Gasteiger partial charge >= 0.3 is 6.18 Å². The van der Waals surface area contributed by atoms with Gasteiger partial charge in [-0.1, -0.05) is 25.4 Å². The highest BCUT2D eigenvalue weighted by molar-refractivity contribution is 7.89. The van der Waals surface area contributed by atoms with Crippen molar-refractivity contribution in [2.45, 2.75) is 37.4 Å². The molecule has 0 saturated carbocycles. The number of halogens is 4. The Kier molecular flexibility index (Phi) is 6.26. The monoisotopic (exact) mass is 358 g/mol. The van der Waals surface area contributed by atoms with Gasteiger partial charge in [0.1, 0.15) is 0 Å². The van der Waals surface area contributed by atoms with E-state index in [2.05, 4.69) is 4.72 Å². The molecule has 0 spiro atoms. The van der Waals surface area contributed by atoms with E-state index in [1.54, 1.807) is 0 Å². The van der Waals surface area contributed by atoms with E-state index in [4.69, 9.17) is 17.3 Å². The van der Waals surface area contributed by atoms with E-state index >= 15 is 0 Å². The van der Waals surface area contributed by atoms with Crippen molar-refractivity contribution in [1.29, 1.82) is 0 Å². The van der Waals surface area contributed by atoms with Crippen LogP contribution in [0, 0.1) is 5.92 Å². The summed E-state index contributed by atoms with van der Waals surface area (Å²) in [6.45, 7) is 3.72. The molecule has 0 aromatic heterocycles. The van der Waals surface area contributed by atoms with Crippen molar-refractivity contribution in [3.05, 3.63) is 28.8 Å². The van der Waals surface area contributed by atoms with Gasteiger partial charge in [0.2, 0.25) is 10.0 Å². The zero-order chi connectivity index (χ0) is 17.1. The fourth-order valence-corrected chi connectivity index (χ4v) is 3.64. The number of nitrogens with one attached hydrogen (secondary N) is 1. The highest BCUT2D eigenvalue weighted by Gasteiger charge is 2.37. The standard InChI is InChI=1S/C13H18ClF3N2O2S/c1-8(2)5-10(7-18)19-22(20,21)12-4-3-9(14)6-11(12)13(15,16)17/h3-4,6,8,10,19H,5,7,18H2,1-2H3. The largest absolute Gasteiger partial charge is 0.417 e. The third-order valence-corrected chi connectivity index (χ3v) is 4.71. The molecular formula is C13H18ClF3N2O2S. The average Bonchev–Trinajstić information content (AvgIpc) is 2.35. The maximum absolute atomic E-state index is 13.0. The predicted octanol–water partition coefficient (Wildman–Crippen LogP) is 3.01. The van der Waals surface area contributed by atoms with Gasteiger partial charge in [0.15, 0.2) is 0 Å².